The molecule has 0 aliphatic heterocycles. The molecule has 0 saturated heterocycles. The maximum Gasteiger partial charge on any atom is 0.323 e. The summed E-state index contributed by atoms with van der Waals surface area (Å²) in [5.74, 6) is 1.04. The fourth-order valence-electron chi connectivity index (χ4n) is 3.15. The van der Waals surface area contributed by atoms with Gasteiger partial charge in [0, 0.05) is 17.4 Å². The van der Waals surface area contributed by atoms with E-state index in [1.165, 1.54) is 25.6 Å². The van der Waals surface area contributed by atoms with Gasteiger partial charge in [0.1, 0.15) is 0 Å². The number of aromatic nitrogens is 1. The molecule has 4 rings (SSSR count). The number of nitrogens with one attached hydrogen (secondary N) is 3. The van der Waals surface area contributed by atoms with Crippen molar-refractivity contribution in [3.05, 3.63) is 66.2 Å². The molecule has 176 valence electrons. The molecule has 0 atom stereocenters. The standard InChI is InChI=1S/C23H22N4O5S2/c1-14-4-8-17(9-5-14)34(29,30)27-23-26-18-12-15(7-11-21(18)33-23)24-22(28)25-16-6-10-19(31-2)20(13-16)32-3/h4-13H,1-3H3,(H,26,27)(H2,24,25,28). The number of urea groups is 1. The predicted octanol–water partition coefficient (Wildman–Crippen LogP) is 5.07. The smallest absolute Gasteiger partial charge is 0.323 e. The summed E-state index contributed by atoms with van der Waals surface area (Å²) < 4.78 is 39.0. The molecule has 3 N–H and O–H groups in total. The number of ether oxygens (including phenoxy) is 2. The normalized spacial score (nSPS) is 11.1. The Morgan fingerprint density at radius 3 is 2.21 bits per heavy atom. The minimum absolute atomic E-state index is 0.159. The zero-order valence-corrected chi connectivity index (χ0v) is 20.2. The largest absolute Gasteiger partial charge is 0.493 e. The molecule has 0 saturated carbocycles. The number of carbonyl (C=O) groups is 1. The molecule has 34 heavy (non-hydrogen) atoms. The third-order valence-electron chi connectivity index (χ3n) is 4.84. The van der Waals surface area contributed by atoms with Gasteiger partial charge in [-0.2, -0.15) is 0 Å². The lowest BCUT2D eigenvalue weighted by atomic mass is 10.2. The summed E-state index contributed by atoms with van der Waals surface area (Å²) >= 11 is 1.20. The topological polar surface area (TPSA) is 119 Å². The monoisotopic (exact) mass is 498 g/mol. The highest BCUT2D eigenvalue weighted by Crippen LogP contribution is 2.31. The molecule has 1 heterocycles. The number of amides is 2. The molecule has 9 nitrogen and oxygen atoms in total. The van der Waals surface area contributed by atoms with Crippen molar-refractivity contribution in [2.45, 2.75) is 11.8 Å². The van der Waals surface area contributed by atoms with Crippen molar-refractivity contribution in [1.82, 2.24) is 4.98 Å². The highest BCUT2D eigenvalue weighted by molar-refractivity contribution is 7.93. The van der Waals surface area contributed by atoms with Crippen LogP contribution < -0.4 is 24.8 Å². The summed E-state index contributed by atoms with van der Waals surface area (Å²) in [6.45, 7) is 1.89. The Bertz CT molecular complexity index is 1450. The van der Waals surface area contributed by atoms with E-state index in [1.54, 1.807) is 60.7 Å². The number of nitrogens with zero attached hydrogens (tertiary/aromatic N) is 1. The minimum Gasteiger partial charge on any atom is -0.493 e. The first-order chi connectivity index (χ1) is 16.3. The van der Waals surface area contributed by atoms with Gasteiger partial charge in [-0.25, -0.2) is 18.2 Å². The third-order valence-corrected chi connectivity index (χ3v) is 7.28. The molecular weight excluding hydrogens is 476 g/mol. The molecule has 2 amide bonds. The van der Waals surface area contributed by atoms with E-state index in [-0.39, 0.29) is 10.0 Å². The molecule has 1 aromatic heterocycles. The van der Waals surface area contributed by atoms with E-state index in [4.69, 9.17) is 9.47 Å². The summed E-state index contributed by atoms with van der Waals surface area (Å²) in [7, 11) is -0.707. The van der Waals surface area contributed by atoms with Gasteiger partial charge in [0.05, 0.1) is 29.3 Å². The Hall–Kier alpha value is -3.83. The number of rotatable bonds is 7. The number of benzene rings is 3. The van der Waals surface area contributed by atoms with Crippen LogP contribution in [0, 0.1) is 6.92 Å². The number of thiazole rings is 1. The summed E-state index contributed by atoms with van der Waals surface area (Å²) in [4.78, 5) is 17.0. The van der Waals surface area contributed by atoms with Crippen LogP contribution in [0.5, 0.6) is 11.5 Å². The fourth-order valence-corrected chi connectivity index (χ4v) is 5.23. The fraction of sp³-hybridized carbons (Fsp3) is 0.130. The third kappa shape index (κ3) is 5.21. The molecule has 0 unspecified atom stereocenters. The van der Waals surface area contributed by atoms with Crippen molar-refractivity contribution in [2.75, 3.05) is 29.6 Å². The number of aryl methyl sites for hydroxylation is 1. The second-order valence-electron chi connectivity index (χ2n) is 7.27. The van der Waals surface area contributed by atoms with Crippen molar-refractivity contribution in [1.29, 1.82) is 0 Å². The number of sulfonamides is 1. The van der Waals surface area contributed by atoms with Crippen LogP contribution in [-0.2, 0) is 10.0 Å². The van der Waals surface area contributed by atoms with Crippen LogP contribution in [0.1, 0.15) is 5.56 Å². The van der Waals surface area contributed by atoms with Crippen LogP contribution in [0.15, 0.2) is 65.6 Å². The van der Waals surface area contributed by atoms with E-state index in [0.29, 0.717) is 28.4 Å². The summed E-state index contributed by atoms with van der Waals surface area (Å²) in [6.07, 6.45) is 0. The number of hydrogen-bond donors (Lipinski definition) is 3. The molecular formula is C23H22N4O5S2. The zero-order chi connectivity index (χ0) is 24.3. The van der Waals surface area contributed by atoms with Crippen LogP contribution >= 0.6 is 11.3 Å². The molecule has 0 radical (unpaired) electrons. The Kier molecular flexibility index (Phi) is 6.57. The van der Waals surface area contributed by atoms with Gasteiger partial charge in [0.25, 0.3) is 10.0 Å². The van der Waals surface area contributed by atoms with Crippen LogP contribution in [0.4, 0.5) is 21.3 Å². The number of anilines is 3. The first kappa shape index (κ1) is 23.3. The average molecular weight is 499 g/mol. The molecule has 4 aromatic rings. The maximum absolute atomic E-state index is 12.6. The lowest BCUT2D eigenvalue weighted by molar-refractivity contribution is 0.262. The number of hydrogen-bond acceptors (Lipinski definition) is 7. The molecule has 3 aromatic carbocycles. The SMILES string of the molecule is COc1ccc(NC(=O)Nc2ccc3sc(NS(=O)(=O)c4ccc(C)cc4)nc3c2)cc1OC. The van der Waals surface area contributed by atoms with Gasteiger partial charge in [-0.1, -0.05) is 29.0 Å². The Morgan fingerprint density at radius 1 is 0.882 bits per heavy atom. The molecule has 0 bridgehead atoms. The van der Waals surface area contributed by atoms with Gasteiger partial charge in [-0.05, 0) is 49.4 Å². The summed E-state index contributed by atoms with van der Waals surface area (Å²) in [6, 6.07) is 16.3. The number of carbonyl (C=O) groups excluding carboxylic acids is 1. The van der Waals surface area contributed by atoms with Gasteiger partial charge in [-0.15, -0.1) is 0 Å². The van der Waals surface area contributed by atoms with Crippen LogP contribution in [0.3, 0.4) is 0 Å². The van der Waals surface area contributed by atoms with Gasteiger partial charge in [0.15, 0.2) is 16.6 Å². The maximum atomic E-state index is 12.6. The number of methoxy groups -OCH3 is 2. The van der Waals surface area contributed by atoms with E-state index in [0.717, 1.165) is 10.3 Å². The molecule has 0 spiro atoms. The Balaban J connectivity index is 1.47. The molecule has 0 fully saturated rings. The van der Waals surface area contributed by atoms with E-state index >= 15 is 0 Å². The van der Waals surface area contributed by atoms with E-state index in [2.05, 4.69) is 20.3 Å². The van der Waals surface area contributed by atoms with Crippen LogP contribution in [0.25, 0.3) is 10.2 Å². The van der Waals surface area contributed by atoms with Gasteiger partial charge >= 0.3 is 6.03 Å². The first-order valence-corrected chi connectivity index (χ1v) is 12.4. The van der Waals surface area contributed by atoms with Crippen LogP contribution in [-0.4, -0.2) is 33.7 Å². The van der Waals surface area contributed by atoms with Gasteiger partial charge in [0.2, 0.25) is 0 Å². The first-order valence-electron chi connectivity index (χ1n) is 10.1. The van der Waals surface area contributed by atoms with Gasteiger partial charge < -0.3 is 20.1 Å². The lowest BCUT2D eigenvalue weighted by Crippen LogP contribution is -2.19. The highest BCUT2D eigenvalue weighted by atomic mass is 32.2. The zero-order valence-electron chi connectivity index (χ0n) is 18.6. The highest BCUT2D eigenvalue weighted by Gasteiger charge is 2.17. The predicted molar refractivity (Wildman–Crippen MR) is 134 cm³/mol. The van der Waals surface area contributed by atoms with Crippen molar-refractivity contribution in [2.24, 2.45) is 0 Å². The van der Waals surface area contributed by atoms with Crippen LogP contribution in [0.2, 0.25) is 0 Å². The summed E-state index contributed by atoms with van der Waals surface area (Å²) in [5, 5.41) is 5.71. The lowest BCUT2D eigenvalue weighted by Gasteiger charge is -2.11. The molecule has 0 aliphatic rings. The average Bonchev–Trinajstić information content (AvgIpc) is 3.19. The second kappa shape index (κ2) is 9.57. The molecule has 0 aliphatic carbocycles. The Labute approximate surface area is 200 Å². The summed E-state index contributed by atoms with van der Waals surface area (Å²) in [5.41, 5.74) is 2.55. The van der Waals surface area contributed by atoms with Crippen molar-refractivity contribution in [3.63, 3.8) is 0 Å². The number of fused-ring (bicyclic) bond motifs is 1. The Morgan fingerprint density at radius 2 is 1.53 bits per heavy atom. The van der Waals surface area contributed by atoms with Crippen molar-refractivity contribution >= 4 is 54.1 Å². The van der Waals surface area contributed by atoms with E-state index < -0.39 is 16.1 Å². The van der Waals surface area contributed by atoms with Crippen molar-refractivity contribution in [3.8, 4) is 11.5 Å². The second-order valence-corrected chi connectivity index (χ2v) is 9.98. The van der Waals surface area contributed by atoms with E-state index in [1.807, 2.05) is 6.92 Å². The minimum atomic E-state index is -3.75. The van der Waals surface area contributed by atoms with Gasteiger partial charge in [-0.3, -0.25) is 4.72 Å². The van der Waals surface area contributed by atoms with Crippen molar-refractivity contribution < 1.29 is 22.7 Å². The van der Waals surface area contributed by atoms with E-state index in [9.17, 15) is 13.2 Å². The molecule has 11 heteroatoms. The quantitative estimate of drug-likeness (QED) is 0.327.